The van der Waals surface area contributed by atoms with Crippen LogP contribution in [0.3, 0.4) is 0 Å². The van der Waals surface area contributed by atoms with Crippen molar-refractivity contribution in [3.8, 4) is 0 Å². The standard InChI is InChI=1S/C26H25Cl2N7O4S/c1-35-25(32-33-34-35)40-20-21(26(22(20)36)9-3-2-4-10-26)31-18(24(38)39)11-14-5-7-15(8-6-14)30-23(37)19-16(27)12-29-13-17(19)28/h5-8,12-13,18,31H,2-4,9-11H2,1H3,(H,30,37)(H,38,39)/t18-/m0/s1. The molecular formula is C26H25Cl2N7O4S. The van der Waals surface area contributed by atoms with Crippen molar-refractivity contribution in [1.29, 1.82) is 0 Å². The molecule has 0 aliphatic heterocycles. The number of amides is 1. The molecule has 2 aliphatic rings. The van der Waals surface area contributed by atoms with Crippen LogP contribution in [-0.2, 0) is 23.1 Å². The maximum Gasteiger partial charge on any atom is 0.326 e. The number of ketones is 1. The number of Topliss-reactive ketones (excluding diaryl/α,β-unsaturated/α-hetero) is 1. The Bertz CT molecular complexity index is 1480. The number of benzene rings is 1. The lowest BCUT2D eigenvalue weighted by atomic mass is 9.62. The minimum absolute atomic E-state index is 0.0151. The molecule has 1 amide bonds. The number of hydrogen-bond donors (Lipinski definition) is 3. The van der Waals surface area contributed by atoms with E-state index in [9.17, 15) is 19.5 Å². The van der Waals surface area contributed by atoms with E-state index in [1.165, 1.54) is 17.1 Å². The predicted molar refractivity (Wildman–Crippen MR) is 149 cm³/mol. The topological polar surface area (TPSA) is 152 Å². The summed E-state index contributed by atoms with van der Waals surface area (Å²) >= 11 is 13.3. The van der Waals surface area contributed by atoms with Crippen molar-refractivity contribution in [1.82, 2.24) is 30.5 Å². The van der Waals surface area contributed by atoms with Crippen LogP contribution in [0.2, 0.25) is 10.0 Å². The van der Waals surface area contributed by atoms with Crippen LogP contribution < -0.4 is 10.6 Å². The molecule has 5 rings (SSSR count). The number of anilines is 1. The molecule has 14 heteroatoms. The van der Waals surface area contributed by atoms with E-state index in [1.54, 1.807) is 31.3 Å². The Morgan fingerprint density at radius 1 is 1.12 bits per heavy atom. The number of hydrogen-bond acceptors (Lipinski definition) is 9. The highest BCUT2D eigenvalue weighted by atomic mass is 35.5. The second-order valence-electron chi connectivity index (χ2n) is 9.73. The van der Waals surface area contributed by atoms with Gasteiger partial charge >= 0.3 is 5.97 Å². The zero-order chi connectivity index (χ0) is 28.4. The van der Waals surface area contributed by atoms with Gasteiger partial charge in [-0.2, -0.15) is 0 Å². The lowest BCUT2D eigenvalue weighted by Crippen LogP contribution is -2.54. The summed E-state index contributed by atoms with van der Waals surface area (Å²) in [4.78, 5) is 42.7. The van der Waals surface area contributed by atoms with E-state index in [1.807, 2.05) is 0 Å². The SMILES string of the molecule is Cn1nnnc1SC1=C(N[C@@H](Cc2ccc(NC(=O)c3c(Cl)cncc3Cl)cc2)C(=O)O)C2(CCCCC2)C1=O. The summed E-state index contributed by atoms with van der Waals surface area (Å²) in [5.74, 6) is -1.51. The predicted octanol–water partition coefficient (Wildman–Crippen LogP) is 4.29. The molecule has 1 saturated carbocycles. The molecule has 0 bridgehead atoms. The number of nitrogens with zero attached hydrogens (tertiary/aromatic N) is 5. The first-order chi connectivity index (χ1) is 19.2. The van der Waals surface area contributed by atoms with E-state index < -0.39 is 23.3 Å². The second-order valence-corrected chi connectivity index (χ2v) is 11.5. The number of carboxylic acid groups (broad SMARTS) is 1. The first kappa shape index (κ1) is 28.1. The zero-order valence-electron chi connectivity index (χ0n) is 21.4. The van der Waals surface area contributed by atoms with Gasteiger partial charge in [-0.1, -0.05) is 54.6 Å². The molecule has 11 nitrogen and oxygen atoms in total. The highest BCUT2D eigenvalue weighted by Gasteiger charge is 2.55. The van der Waals surface area contributed by atoms with Crippen LogP contribution in [0.1, 0.15) is 48.0 Å². The molecule has 0 radical (unpaired) electrons. The molecule has 2 aromatic heterocycles. The average Bonchev–Trinajstić information content (AvgIpc) is 3.35. The molecule has 40 heavy (non-hydrogen) atoms. The van der Waals surface area contributed by atoms with E-state index in [0.717, 1.165) is 36.6 Å². The third kappa shape index (κ3) is 5.43. The van der Waals surface area contributed by atoms with Crippen LogP contribution in [-0.4, -0.2) is 54.0 Å². The normalized spacial score (nSPS) is 16.9. The van der Waals surface area contributed by atoms with Crippen LogP contribution in [0.5, 0.6) is 0 Å². The molecule has 3 N–H and O–H groups in total. The van der Waals surface area contributed by atoms with Gasteiger partial charge in [0.2, 0.25) is 5.16 Å². The smallest absolute Gasteiger partial charge is 0.326 e. The molecule has 1 atom stereocenters. The van der Waals surface area contributed by atoms with Crippen LogP contribution in [0, 0.1) is 5.41 Å². The van der Waals surface area contributed by atoms with E-state index in [0.29, 0.717) is 34.3 Å². The van der Waals surface area contributed by atoms with Crippen LogP contribution >= 0.6 is 35.0 Å². The number of pyridine rings is 1. The molecule has 0 unspecified atom stereocenters. The summed E-state index contributed by atoms with van der Waals surface area (Å²) < 4.78 is 1.47. The number of aromatic nitrogens is 5. The first-order valence-corrected chi connectivity index (χ1v) is 14.2. The Balaban J connectivity index is 1.33. The number of carboxylic acids is 1. The van der Waals surface area contributed by atoms with Crippen molar-refractivity contribution < 1.29 is 19.5 Å². The summed E-state index contributed by atoms with van der Waals surface area (Å²) in [5.41, 5.74) is 1.30. The molecule has 0 saturated heterocycles. The number of tetrazole rings is 1. The molecule has 208 valence electrons. The summed E-state index contributed by atoms with van der Waals surface area (Å²) in [6.07, 6.45) is 7.04. The molecule has 1 spiro atoms. The Hall–Kier alpha value is -3.48. The molecule has 2 heterocycles. The third-order valence-corrected chi connectivity index (χ3v) is 8.87. The van der Waals surface area contributed by atoms with Gasteiger partial charge < -0.3 is 15.7 Å². The van der Waals surface area contributed by atoms with Crippen molar-refractivity contribution in [2.24, 2.45) is 12.5 Å². The van der Waals surface area contributed by atoms with Gasteiger partial charge in [0.1, 0.15) is 6.04 Å². The van der Waals surface area contributed by atoms with Crippen molar-refractivity contribution in [2.45, 2.75) is 49.7 Å². The van der Waals surface area contributed by atoms with Gasteiger partial charge in [0.05, 0.1) is 25.9 Å². The molecular weight excluding hydrogens is 577 g/mol. The summed E-state index contributed by atoms with van der Waals surface area (Å²) in [6, 6.07) is 5.84. The third-order valence-electron chi connectivity index (χ3n) is 7.18. The number of allylic oxidation sites excluding steroid dienone is 2. The molecule has 1 fully saturated rings. The Kier molecular flexibility index (Phi) is 8.11. The number of nitrogens with one attached hydrogen (secondary N) is 2. The minimum Gasteiger partial charge on any atom is -0.480 e. The fourth-order valence-corrected chi connectivity index (χ4v) is 6.70. The van der Waals surface area contributed by atoms with Gasteiger partial charge in [0.25, 0.3) is 5.91 Å². The number of carbonyl (C=O) groups excluding carboxylic acids is 2. The zero-order valence-corrected chi connectivity index (χ0v) is 23.7. The summed E-state index contributed by atoms with van der Waals surface area (Å²) in [7, 11) is 1.68. The van der Waals surface area contributed by atoms with E-state index in [4.69, 9.17) is 23.2 Å². The van der Waals surface area contributed by atoms with E-state index in [2.05, 4.69) is 31.1 Å². The fourth-order valence-electron chi connectivity index (χ4n) is 5.09. The second kappa shape index (κ2) is 11.6. The number of aryl methyl sites for hydroxylation is 1. The van der Waals surface area contributed by atoms with E-state index in [-0.39, 0.29) is 27.8 Å². The van der Waals surface area contributed by atoms with Gasteiger partial charge in [0, 0.05) is 37.2 Å². The molecule has 1 aromatic carbocycles. The maximum atomic E-state index is 13.4. The van der Waals surface area contributed by atoms with Crippen molar-refractivity contribution >= 4 is 58.3 Å². The Morgan fingerprint density at radius 2 is 1.80 bits per heavy atom. The minimum atomic E-state index is -1.04. The van der Waals surface area contributed by atoms with Gasteiger partial charge in [-0.15, -0.1) is 5.10 Å². The van der Waals surface area contributed by atoms with Crippen molar-refractivity contribution in [2.75, 3.05) is 5.32 Å². The number of rotatable bonds is 9. The lowest BCUT2D eigenvalue weighted by molar-refractivity contribution is -0.140. The largest absolute Gasteiger partial charge is 0.480 e. The lowest BCUT2D eigenvalue weighted by Gasteiger charge is -2.47. The number of thioether (sulfide) groups is 1. The van der Waals surface area contributed by atoms with Gasteiger partial charge in [0.15, 0.2) is 5.78 Å². The first-order valence-electron chi connectivity index (χ1n) is 12.6. The molecule has 2 aliphatic carbocycles. The quantitative estimate of drug-likeness (QED) is 0.324. The Labute approximate surface area is 243 Å². The number of carbonyl (C=O) groups is 3. The monoisotopic (exact) mass is 601 g/mol. The van der Waals surface area contributed by atoms with Gasteiger partial charge in [-0.05, 0) is 52.7 Å². The van der Waals surface area contributed by atoms with Crippen molar-refractivity contribution in [3.63, 3.8) is 0 Å². The highest BCUT2D eigenvalue weighted by molar-refractivity contribution is 8.04. The number of aliphatic carboxylic acids is 1. The fraction of sp³-hybridized carbons (Fsp3) is 0.346. The van der Waals surface area contributed by atoms with Crippen LogP contribution in [0.4, 0.5) is 5.69 Å². The van der Waals surface area contributed by atoms with Crippen LogP contribution in [0.15, 0.2) is 52.4 Å². The average molecular weight is 603 g/mol. The number of halogens is 2. The highest BCUT2D eigenvalue weighted by Crippen LogP contribution is 2.55. The van der Waals surface area contributed by atoms with Crippen molar-refractivity contribution in [3.05, 3.63) is 68.4 Å². The summed E-state index contributed by atoms with van der Waals surface area (Å²) in [5, 5.41) is 28.2. The van der Waals surface area contributed by atoms with E-state index >= 15 is 0 Å². The Morgan fingerprint density at radius 3 is 2.40 bits per heavy atom. The van der Waals surface area contributed by atoms with Gasteiger partial charge in [-0.3, -0.25) is 14.6 Å². The van der Waals surface area contributed by atoms with Gasteiger partial charge in [-0.25, -0.2) is 9.48 Å². The van der Waals surface area contributed by atoms with Crippen LogP contribution in [0.25, 0.3) is 0 Å². The molecule has 3 aromatic rings. The maximum absolute atomic E-state index is 13.4. The summed E-state index contributed by atoms with van der Waals surface area (Å²) in [6.45, 7) is 0.